The zero-order valence-corrected chi connectivity index (χ0v) is 18.3. The van der Waals surface area contributed by atoms with E-state index in [4.69, 9.17) is 4.74 Å². The first-order chi connectivity index (χ1) is 14.5. The Balaban J connectivity index is 1.40. The number of hydrogen-bond donors (Lipinski definition) is 1. The van der Waals surface area contributed by atoms with E-state index >= 15 is 0 Å². The molecular weight excluding hydrogens is 440 g/mol. The van der Waals surface area contributed by atoms with Gasteiger partial charge in [-0.1, -0.05) is 24.3 Å². The third kappa shape index (κ3) is 3.52. The molecule has 1 saturated heterocycles. The number of benzene rings is 2. The molecule has 1 fully saturated rings. The molecule has 4 aromatic rings. The van der Waals surface area contributed by atoms with Crippen molar-refractivity contribution < 1.29 is 17.9 Å². The van der Waals surface area contributed by atoms with Crippen LogP contribution in [0.25, 0.3) is 19.5 Å². The first kappa shape index (κ1) is 19.7. The SMILES string of the molecule is O=C(Nc1cccc(S(=O)(=O)N2CCOCC2)c1)c1cc2sc3ccccc3c2s1. The van der Waals surface area contributed by atoms with Crippen molar-refractivity contribution >= 4 is 63.8 Å². The van der Waals surface area contributed by atoms with Crippen molar-refractivity contribution in [2.24, 2.45) is 0 Å². The van der Waals surface area contributed by atoms with Crippen LogP contribution in [-0.4, -0.2) is 44.9 Å². The summed E-state index contributed by atoms with van der Waals surface area (Å²) in [6.45, 7) is 1.44. The predicted molar refractivity (Wildman–Crippen MR) is 121 cm³/mol. The van der Waals surface area contributed by atoms with Crippen LogP contribution in [0.2, 0.25) is 0 Å². The van der Waals surface area contributed by atoms with Crippen molar-refractivity contribution in [3.05, 3.63) is 59.5 Å². The largest absolute Gasteiger partial charge is 0.379 e. The van der Waals surface area contributed by atoms with Gasteiger partial charge >= 0.3 is 0 Å². The van der Waals surface area contributed by atoms with Gasteiger partial charge in [0.05, 0.1) is 27.7 Å². The minimum atomic E-state index is -3.61. The van der Waals surface area contributed by atoms with Crippen LogP contribution in [0, 0.1) is 0 Å². The molecule has 3 heterocycles. The zero-order chi connectivity index (χ0) is 20.7. The maximum Gasteiger partial charge on any atom is 0.265 e. The van der Waals surface area contributed by atoms with E-state index < -0.39 is 10.0 Å². The summed E-state index contributed by atoms with van der Waals surface area (Å²) in [7, 11) is -3.61. The quantitative estimate of drug-likeness (QED) is 0.492. The van der Waals surface area contributed by atoms with Gasteiger partial charge in [0.2, 0.25) is 10.0 Å². The average Bonchev–Trinajstić information content (AvgIpc) is 3.33. The lowest BCUT2D eigenvalue weighted by Gasteiger charge is -2.26. The van der Waals surface area contributed by atoms with Crippen molar-refractivity contribution in [2.45, 2.75) is 4.90 Å². The number of rotatable bonds is 4. The fourth-order valence-corrected chi connectivity index (χ4v) is 7.35. The van der Waals surface area contributed by atoms with Crippen LogP contribution in [0.3, 0.4) is 0 Å². The molecule has 30 heavy (non-hydrogen) atoms. The Morgan fingerprint density at radius 1 is 0.967 bits per heavy atom. The summed E-state index contributed by atoms with van der Waals surface area (Å²) in [5.74, 6) is -0.242. The van der Waals surface area contributed by atoms with Gasteiger partial charge in [0.15, 0.2) is 0 Å². The van der Waals surface area contributed by atoms with Gasteiger partial charge in [0.25, 0.3) is 5.91 Å². The van der Waals surface area contributed by atoms with Crippen LogP contribution in [-0.2, 0) is 14.8 Å². The molecule has 0 atom stereocenters. The molecule has 154 valence electrons. The molecule has 9 heteroatoms. The first-order valence-corrected chi connectivity index (χ1v) is 12.5. The number of hydrogen-bond acceptors (Lipinski definition) is 6. The zero-order valence-electron chi connectivity index (χ0n) is 15.8. The Labute approximate surface area is 181 Å². The van der Waals surface area contributed by atoms with Gasteiger partial charge < -0.3 is 10.1 Å². The van der Waals surface area contributed by atoms with Crippen LogP contribution >= 0.6 is 22.7 Å². The molecular formula is C21H18N2O4S3. The second-order valence-corrected chi connectivity index (χ2v) is 11.0. The fraction of sp³-hybridized carbons (Fsp3) is 0.190. The highest BCUT2D eigenvalue weighted by Crippen LogP contribution is 2.39. The number of morpholine rings is 1. The van der Waals surface area contributed by atoms with Crippen LogP contribution in [0.1, 0.15) is 9.67 Å². The topological polar surface area (TPSA) is 75.7 Å². The number of carbonyl (C=O) groups is 1. The van der Waals surface area contributed by atoms with E-state index in [1.807, 2.05) is 18.2 Å². The number of thiophene rings is 2. The standard InChI is InChI=1S/C21H18N2O4S3/c24-21(19-13-18-20(29-19)16-6-1-2-7-17(16)28-18)22-14-4-3-5-15(12-14)30(25,26)23-8-10-27-11-9-23/h1-7,12-13H,8-11H2,(H,22,24). The van der Waals surface area contributed by atoms with E-state index in [2.05, 4.69) is 17.4 Å². The van der Waals surface area contributed by atoms with E-state index in [-0.39, 0.29) is 10.8 Å². The molecule has 1 aliphatic heterocycles. The van der Waals surface area contributed by atoms with Gasteiger partial charge in [-0.15, -0.1) is 22.7 Å². The predicted octanol–water partition coefficient (Wildman–Crippen LogP) is 4.39. The molecule has 0 saturated carbocycles. The Morgan fingerprint density at radius 2 is 1.77 bits per heavy atom. The van der Waals surface area contributed by atoms with Crippen molar-refractivity contribution in [1.82, 2.24) is 4.31 Å². The molecule has 0 bridgehead atoms. The second kappa shape index (κ2) is 7.75. The van der Waals surface area contributed by atoms with Gasteiger partial charge in [-0.2, -0.15) is 4.31 Å². The number of carbonyl (C=O) groups excluding carboxylic acids is 1. The van der Waals surface area contributed by atoms with Crippen LogP contribution in [0.4, 0.5) is 5.69 Å². The molecule has 5 rings (SSSR count). The van der Waals surface area contributed by atoms with Gasteiger partial charge in [-0.25, -0.2) is 8.42 Å². The smallest absolute Gasteiger partial charge is 0.265 e. The molecule has 0 unspecified atom stereocenters. The fourth-order valence-electron chi connectivity index (χ4n) is 3.47. The minimum Gasteiger partial charge on any atom is -0.379 e. The Hall–Kier alpha value is -2.30. The van der Waals surface area contributed by atoms with Crippen molar-refractivity contribution in [1.29, 1.82) is 0 Å². The monoisotopic (exact) mass is 458 g/mol. The molecule has 0 radical (unpaired) electrons. The number of sulfonamides is 1. The lowest BCUT2D eigenvalue weighted by Crippen LogP contribution is -2.40. The second-order valence-electron chi connectivity index (χ2n) is 6.90. The Kier molecular flexibility index (Phi) is 5.08. The Bertz CT molecular complexity index is 1350. The van der Waals surface area contributed by atoms with Crippen LogP contribution < -0.4 is 5.32 Å². The van der Waals surface area contributed by atoms with Crippen molar-refractivity contribution in [2.75, 3.05) is 31.6 Å². The number of nitrogens with one attached hydrogen (secondary N) is 1. The van der Waals surface area contributed by atoms with Crippen molar-refractivity contribution in [3.8, 4) is 0 Å². The highest BCUT2D eigenvalue weighted by Gasteiger charge is 2.26. The summed E-state index contributed by atoms with van der Waals surface area (Å²) < 4.78 is 35.8. The number of fused-ring (bicyclic) bond motifs is 3. The lowest BCUT2D eigenvalue weighted by molar-refractivity contribution is 0.0730. The average molecular weight is 459 g/mol. The Morgan fingerprint density at radius 3 is 2.60 bits per heavy atom. The van der Waals surface area contributed by atoms with E-state index in [9.17, 15) is 13.2 Å². The maximum atomic E-state index is 12.9. The number of amides is 1. The third-order valence-electron chi connectivity index (χ3n) is 4.97. The van der Waals surface area contributed by atoms with E-state index in [0.29, 0.717) is 36.9 Å². The number of ether oxygens (including phenoxy) is 1. The van der Waals surface area contributed by atoms with Gasteiger partial charge in [0, 0.05) is 33.6 Å². The molecule has 1 aliphatic rings. The normalized spacial score (nSPS) is 15.6. The number of nitrogens with zero attached hydrogens (tertiary/aromatic N) is 1. The van der Waals surface area contributed by atoms with Gasteiger partial charge in [0.1, 0.15) is 0 Å². The maximum absolute atomic E-state index is 12.9. The highest BCUT2D eigenvalue weighted by molar-refractivity contribution is 7.89. The number of anilines is 1. The van der Waals surface area contributed by atoms with E-state index in [0.717, 1.165) is 14.8 Å². The molecule has 2 aromatic carbocycles. The van der Waals surface area contributed by atoms with Gasteiger partial charge in [-0.3, -0.25) is 4.79 Å². The van der Waals surface area contributed by atoms with E-state index in [1.165, 1.54) is 26.4 Å². The molecule has 1 amide bonds. The van der Waals surface area contributed by atoms with E-state index in [1.54, 1.807) is 29.5 Å². The lowest BCUT2D eigenvalue weighted by atomic mass is 10.2. The highest BCUT2D eigenvalue weighted by atomic mass is 32.2. The van der Waals surface area contributed by atoms with Crippen LogP contribution in [0.5, 0.6) is 0 Å². The summed E-state index contributed by atoms with van der Waals surface area (Å²) in [5, 5.41) is 3.99. The molecule has 0 aliphatic carbocycles. The van der Waals surface area contributed by atoms with Gasteiger partial charge in [-0.05, 0) is 30.3 Å². The summed E-state index contributed by atoms with van der Waals surface area (Å²) in [4.78, 5) is 13.6. The summed E-state index contributed by atoms with van der Waals surface area (Å²) in [6.07, 6.45) is 0. The first-order valence-electron chi connectivity index (χ1n) is 9.43. The summed E-state index contributed by atoms with van der Waals surface area (Å²) in [6, 6.07) is 16.4. The minimum absolute atomic E-state index is 0.167. The molecule has 2 aromatic heterocycles. The summed E-state index contributed by atoms with van der Waals surface area (Å²) >= 11 is 3.11. The summed E-state index contributed by atoms with van der Waals surface area (Å²) in [5.41, 5.74) is 0.455. The van der Waals surface area contributed by atoms with Crippen LogP contribution in [0.15, 0.2) is 59.5 Å². The molecule has 1 N–H and O–H groups in total. The molecule has 0 spiro atoms. The van der Waals surface area contributed by atoms with Crippen molar-refractivity contribution in [3.63, 3.8) is 0 Å². The third-order valence-corrected chi connectivity index (χ3v) is 9.28. The molecule has 6 nitrogen and oxygen atoms in total.